The first-order chi connectivity index (χ1) is 10.3. The van der Waals surface area contributed by atoms with E-state index < -0.39 is 0 Å². The smallest absolute Gasteiger partial charge is 0.118 e. The Balaban J connectivity index is 2.84. The highest BCUT2D eigenvalue weighted by molar-refractivity contribution is 5.52. The van der Waals surface area contributed by atoms with Gasteiger partial charge in [-0.25, -0.2) is 0 Å². The predicted octanol–water partition coefficient (Wildman–Crippen LogP) is 5.09. The van der Waals surface area contributed by atoms with Gasteiger partial charge in [0.15, 0.2) is 0 Å². The Labute approximate surface area is 130 Å². The lowest BCUT2D eigenvalue weighted by molar-refractivity contribution is 0.0573. The van der Waals surface area contributed by atoms with Crippen molar-refractivity contribution >= 4 is 6.08 Å². The number of benzene rings is 1. The Morgan fingerprint density at radius 2 is 1.86 bits per heavy atom. The maximum Gasteiger partial charge on any atom is 0.118 e. The topological polar surface area (TPSA) is 12.5 Å². The lowest BCUT2D eigenvalue weighted by Gasteiger charge is -2.25. The van der Waals surface area contributed by atoms with Crippen molar-refractivity contribution in [2.75, 3.05) is 19.9 Å². The van der Waals surface area contributed by atoms with Crippen LogP contribution in [0.2, 0.25) is 0 Å². The highest BCUT2D eigenvalue weighted by Crippen LogP contribution is 2.12. The van der Waals surface area contributed by atoms with E-state index in [2.05, 4.69) is 61.2 Å². The minimum absolute atomic E-state index is 0.666. The fourth-order valence-corrected chi connectivity index (χ4v) is 2.08. The molecule has 1 rings (SSSR count). The highest BCUT2D eigenvalue weighted by atomic mass is 16.5. The van der Waals surface area contributed by atoms with Crippen LogP contribution in [-0.2, 0) is 4.74 Å². The molecule has 0 saturated carbocycles. The third-order valence-corrected chi connectivity index (χ3v) is 3.20. The molecule has 0 amide bonds. The first-order valence-electron chi connectivity index (χ1n) is 8.07. The molecule has 116 valence electrons. The van der Waals surface area contributed by atoms with Crippen LogP contribution in [0, 0.1) is 0 Å². The second-order valence-electron chi connectivity index (χ2n) is 5.05. The van der Waals surface area contributed by atoms with Crippen LogP contribution in [0.3, 0.4) is 0 Å². The van der Waals surface area contributed by atoms with Gasteiger partial charge >= 0.3 is 0 Å². The van der Waals surface area contributed by atoms with Crippen LogP contribution in [0.4, 0.5) is 0 Å². The number of allylic oxidation sites excluding steroid dienone is 2. The Bertz CT molecular complexity index is 422. The highest BCUT2D eigenvalue weighted by Gasteiger charge is 2.05. The maximum atomic E-state index is 5.61. The van der Waals surface area contributed by atoms with Gasteiger partial charge in [-0.15, -0.1) is 0 Å². The van der Waals surface area contributed by atoms with Crippen molar-refractivity contribution in [2.24, 2.45) is 0 Å². The molecule has 0 aromatic heterocycles. The minimum Gasteiger partial charge on any atom is -0.361 e. The zero-order valence-electron chi connectivity index (χ0n) is 13.7. The molecule has 1 aromatic carbocycles. The molecule has 0 unspecified atom stereocenters. The summed E-state index contributed by atoms with van der Waals surface area (Å²) in [5, 5.41) is 0. The Morgan fingerprint density at radius 1 is 1.10 bits per heavy atom. The molecule has 21 heavy (non-hydrogen) atoms. The predicted molar refractivity (Wildman–Crippen MR) is 92.0 cm³/mol. The van der Waals surface area contributed by atoms with Gasteiger partial charge in [-0.2, -0.15) is 0 Å². The molecule has 0 aliphatic heterocycles. The van der Waals surface area contributed by atoms with Gasteiger partial charge in [-0.3, -0.25) is 0 Å². The fourth-order valence-electron chi connectivity index (χ4n) is 2.08. The van der Waals surface area contributed by atoms with Crippen molar-refractivity contribution < 1.29 is 4.74 Å². The molecule has 1 aromatic rings. The summed E-state index contributed by atoms with van der Waals surface area (Å²) in [7, 11) is 0. The first kappa shape index (κ1) is 17.5. The van der Waals surface area contributed by atoms with E-state index in [-0.39, 0.29) is 0 Å². The number of unbranched alkanes of at least 4 members (excludes halogenated alkanes) is 1. The normalized spacial score (nSPS) is 12.0. The molecule has 2 heteroatoms. The third kappa shape index (κ3) is 7.14. The summed E-state index contributed by atoms with van der Waals surface area (Å²) in [6, 6.07) is 10.4. The van der Waals surface area contributed by atoms with Crippen LogP contribution >= 0.6 is 0 Å². The second-order valence-corrected chi connectivity index (χ2v) is 5.05. The summed E-state index contributed by atoms with van der Waals surface area (Å²) < 4.78 is 5.61. The Kier molecular flexibility index (Phi) is 9.30. The van der Waals surface area contributed by atoms with Crippen LogP contribution in [0.25, 0.3) is 6.08 Å². The van der Waals surface area contributed by atoms with E-state index in [0.717, 1.165) is 32.4 Å². The van der Waals surface area contributed by atoms with Gasteiger partial charge in [0.1, 0.15) is 6.73 Å². The van der Waals surface area contributed by atoms with Crippen molar-refractivity contribution in [3.63, 3.8) is 0 Å². The Hall–Kier alpha value is -1.54. The van der Waals surface area contributed by atoms with Crippen molar-refractivity contribution in [3.8, 4) is 0 Å². The van der Waals surface area contributed by atoms with Gasteiger partial charge in [-0.05, 0) is 31.4 Å². The molecular formula is C19H29NO. The van der Waals surface area contributed by atoms with Gasteiger partial charge in [0.05, 0.1) is 0 Å². The number of rotatable bonds is 10. The lowest BCUT2D eigenvalue weighted by atomic mass is 10.1. The van der Waals surface area contributed by atoms with Crippen molar-refractivity contribution in [3.05, 3.63) is 53.7 Å². The minimum atomic E-state index is 0.666. The van der Waals surface area contributed by atoms with Crippen molar-refractivity contribution in [2.45, 2.75) is 40.0 Å². The zero-order valence-corrected chi connectivity index (χ0v) is 13.7. The third-order valence-electron chi connectivity index (χ3n) is 3.20. The maximum absolute atomic E-state index is 5.61. The molecule has 2 nitrogen and oxygen atoms in total. The van der Waals surface area contributed by atoms with Crippen LogP contribution in [-0.4, -0.2) is 24.8 Å². The zero-order chi connectivity index (χ0) is 15.3. The molecule has 0 bridgehead atoms. The number of hydrogen-bond donors (Lipinski definition) is 0. The SMILES string of the molecule is CCC/C=C(/C=C/c1ccccc1)N(CCC)COCC. The summed E-state index contributed by atoms with van der Waals surface area (Å²) in [6.07, 6.45) is 10.1. The first-order valence-corrected chi connectivity index (χ1v) is 8.07. The van der Waals surface area contributed by atoms with Gasteiger partial charge in [-0.1, -0.05) is 62.8 Å². The van der Waals surface area contributed by atoms with Gasteiger partial charge < -0.3 is 9.64 Å². The monoisotopic (exact) mass is 287 g/mol. The molecule has 0 N–H and O–H groups in total. The molecule has 0 atom stereocenters. The van der Waals surface area contributed by atoms with Crippen LogP contribution in [0.1, 0.15) is 45.6 Å². The lowest BCUT2D eigenvalue weighted by Crippen LogP contribution is -2.26. The summed E-state index contributed by atoms with van der Waals surface area (Å²) in [5.74, 6) is 0. The van der Waals surface area contributed by atoms with Crippen LogP contribution < -0.4 is 0 Å². The summed E-state index contributed by atoms with van der Waals surface area (Å²) >= 11 is 0. The average Bonchev–Trinajstić information content (AvgIpc) is 2.53. The molecule has 0 aliphatic rings. The molecule has 0 heterocycles. The van der Waals surface area contributed by atoms with Gasteiger partial charge in [0.2, 0.25) is 0 Å². The summed E-state index contributed by atoms with van der Waals surface area (Å²) in [6.45, 7) is 8.90. The standard InChI is InChI=1S/C19H29NO/c1-4-7-13-19(20(16-5-2)17-21-6-3)15-14-18-11-9-8-10-12-18/h8-15H,4-7,16-17H2,1-3H3/b15-14+,19-13-. The molecule has 0 saturated heterocycles. The van der Waals surface area contributed by atoms with E-state index in [0.29, 0.717) is 6.73 Å². The van der Waals surface area contributed by atoms with Crippen LogP contribution in [0.15, 0.2) is 48.2 Å². The molecule has 0 spiro atoms. The number of ether oxygens (including phenoxy) is 1. The number of hydrogen-bond acceptors (Lipinski definition) is 2. The largest absolute Gasteiger partial charge is 0.361 e. The molecule has 0 aliphatic carbocycles. The number of nitrogens with zero attached hydrogens (tertiary/aromatic N) is 1. The second kappa shape index (κ2) is 11.2. The van der Waals surface area contributed by atoms with E-state index in [9.17, 15) is 0 Å². The Morgan fingerprint density at radius 3 is 2.48 bits per heavy atom. The molecule has 0 radical (unpaired) electrons. The molecular weight excluding hydrogens is 258 g/mol. The van der Waals surface area contributed by atoms with E-state index >= 15 is 0 Å². The van der Waals surface area contributed by atoms with Crippen molar-refractivity contribution in [1.82, 2.24) is 4.90 Å². The van der Waals surface area contributed by atoms with E-state index in [1.54, 1.807) is 0 Å². The van der Waals surface area contributed by atoms with E-state index in [1.165, 1.54) is 11.3 Å². The van der Waals surface area contributed by atoms with E-state index in [4.69, 9.17) is 4.74 Å². The summed E-state index contributed by atoms with van der Waals surface area (Å²) in [5.41, 5.74) is 2.49. The van der Waals surface area contributed by atoms with Crippen molar-refractivity contribution in [1.29, 1.82) is 0 Å². The summed E-state index contributed by atoms with van der Waals surface area (Å²) in [4.78, 5) is 2.32. The molecule has 0 fully saturated rings. The van der Waals surface area contributed by atoms with E-state index in [1.807, 2.05) is 13.0 Å². The van der Waals surface area contributed by atoms with Crippen LogP contribution in [0.5, 0.6) is 0 Å². The quantitative estimate of drug-likeness (QED) is 0.439. The average molecular weight is 287 g/mol. The fraction of sp³-hybridized carbons (Fsp3) is 0.474. The van der Waals surface area contributed by atoms with Gasteiger partial charge in [0.25, 0.3) is 0 Å². The van der Waals surface area contributed by atoms with Gasteiger partial charge in [0, 0.05) is 18.8 Å².